The van der Waals surface area contributed by atoms with Crippen LogP contribution in [0.4, 0.5) is 0 Å². The Labute approximate surface area is 640 Å². The molecule has 1 aliphatic rings. The Morgan fingerprint density at radius 3 is 1.52 bits per heavy atom. The zero-order valence-electron chi connectivity index (χ0n) is 64.0. The minimum atomic E-state index is -1.73. The van der Waals surface area contributed by atoms with Gasteiger partial charge >= 0.3 is 11.9 Å². The van der Waals surface area contributed by atoms with Gasteiger partial charge in [-0.25, -0.2) is 9.59 Å². The van der Waals surface area contributed by atoms with Gasteiger partial charge in [-0.05, 0) is 120 Å². The molecule has 2 heterocycles. The molecule has 1 aromatic heterocycles. The molecule has 35 heteroatoms. The number of H-pyrrole nitrogens is 1. The number of aliphatic carboxylic acids is 2. The van der Waals surface area contributed by atoms with Gasteiger partial charge in [-0.15, -0.1) is 0 Å². The number of rotatable bonds is 51. The fourth-order valence-electron chi connectivity index (χ4n) is 12.5. The average molecular weight is 1550 g/mol. The first-order chi connectivity index (χ1) is 52.0. The number of para-hydroxylation sites is 1. The molecule has 110 heavy (non-hydrogen) atoms. The molecule has 0 aliphatic carbocycles. The van der Waals surface area contributed by atoms with Crippen molar-refractivity contribution in [2.45, 2.75) is 250 Å². The molecule has 0 bridgehead atoms. The Morgan fingerprint density at radius 1 is 0.509 bits per heavy atom. The summed E-state index contributed by atoms with van der Waals surface area (Å²) in [6.07, 6.45) is 1.55. The van der Waals surface area contributed by atoms with E-state index in [0.29, 0.717) is 75.6 Å². The highest BCUT2D eigenvalue weighted by molar-refractivity contribution is 6.00. The van der Waals surface area contributed by atoms with E-state index in [0.717, 1.165) is 10.9 Å². The first-order valence-electron chi connectivity index (χ1n) is 37.7. The van der Waals surface area contributed by atoms with Crippen molar-refractivity contribution in [2.75, 3.05) is 26.2 Å². The highest BCUT2D eigenvalue weighted by atomic mass is 16.4. The number of nitrogens with two attached hydrogens (primary N) is 2. The van der Waals surface area contributed by atoms with Crippen LogP contribution in [0.15, 0.2) is 60.8 Å². The lowest BCUT2D eigenvalue weighted by atomic mass is 9.96. The van der Waals surface area contributed by atoms with E-state index < -0.39 is 180 Å². The van der Waals surface area contributed by atoms with Crippen LogP contribution in [0.5, 0.6) is 0 Å². The Balaban J connectivity index is 1.22. The zero-order chi connectivity index (χ0) is 81.9. The largest absolute Gasteiger partial charge is 0.480 e. The number of amides is 13. The second-order valence-electron chi connectivity index (χ2n) is 29.0. The average Bonchev–Trinajstić information content (AvgIpc) is 1.60. The molecule has 0 saturated carbocycles. The van der Waals surface area contributed by atoms with Crippen LogP contribution in [0, 0.1) is 17.8 Å². The van der Waals surface area contributed by atoms with E-state index in [1.807, 2.05) is 18.2 Å². The maximum Gasteiger partial charge on any atom is 0.326 e. The van der Waals surface area contributed by atoms with Gasteiger partial charge < -0.3 is 105 Å². The Morgan fingerprint density at radius 2 is 0.991 bits per heavy atom. The molecule has 1 aliphatic heterocycles. The van der Waals surface area contributed by atoms with Crippen molar-refractivity contribution in [1.29, 1.82) is 0 Å². The number of aliphatic hydroxyl groups excluding tert-OH is 3. The van der Waals surface area contributed by atoms with Crippen LogP contribution in [0.3, 0.4) is 0 Å². The highest BCUT2D eigenvalue weighted by Gasteiger charge is 2.40. The molecular formula is C75H115N15O20. The van der Waals surface area contributed by atoms with Crippen LogP contribution in [0.1, 0.15) is 169 Å². The fraction of sp³-hybridized carbons (Fsp3) is 0.613. The second kappa shape index (κ2) is 47.1. The van der Waals surface area contributed by atoms with Crippen molar-refractivity contribution in [1.82, 2.24) is 68.4 Å². The quantitative estimate of drug-likeness (QED) is 0.0292. The van der Waals surface area contributed by atoms with E-state index in [4.69, 9.17) is 11.5 Å². The molecule has 14 atom stereocenters. The highest BCUT2D eigenvalue weighted by Crippen LogP contribution is 2.23. The standard InChI is InChI=1S/C75H115N15O20/c1-9-43(6)62(71(104)89-64(45(8)93)73(106)84-52(35-42(4)5)67(100)86-55(75(109)110)37-47-39-79-49-25-18-17-24-48(47)49)87-65(98)50(29-30-58(76)94)81-70(103)57-26-21-33-90(57)61(97)28-16-12-20-32-78-31-19-11-15-27-60(96)80-56(40-91)69(102)88-63(44(7)92)72(105)83-51(34-41(2)3)66(99)82-53(38-59(77)95)68(101)85-54(74(107)108)36-46-22-13-10-14-23-46/h10,13-14,17-18,22-25,39,41-45,50-57,62-64,78-79,91-93H,9,11-12,15-16,19-21,26-38,40H2,1-8H3,(H2,76,94)(H2,77,95)(H,80,96)(H,81,103)(H,82,99)(H,83,105)(H,84,106)(H,85,101)(H,86,100)(H,87,98)(H,88,102)(H,89,104)(H,107,108)(H,109,110)/t43-,44+,45+,50-,51-,52-,53-,54-,55-,56-,57-,62-,63-,64-/m0/s1. The lowest BCUT2D eigenvalue weighted by Gasteiger charge is -2.30. The van der Waals surface area contributed by atoms with Crippen molar-refractivity contribution in [3.63, 3.8) is 0 Å². The third kappa shape index (κ3) is 31.5. The summed E-state index contributed by atoms with van der Waals surface area (Å²) in [5, 5.41) is 80.5. The molecule has 35 nitrogen and oxygen atoms in total. The molecule has 1 fully saturated rings. The van der Waals surface area contributed by atoms with Crippen LogP contribution in [0.25, 0.3) is 10.9 Å². The lowest BCUT2D eigenvalue weighted by molar-refractivity contribution is -0.143. The van der Waals surface area contributed by atoms with Crippen molar-refractivity contribution in [3.05, 3.63) is 71.9 Å². The number of likely N-dealkylation sites (tertiary alicyclic amines) is 1. The summed E-state index contributed by atoms with van der Waals surface area (Å²) in [5.41, 5.74) is 12.8. The van der Waals surface area contributed by atoms with E-state index in [9.17, 15) is 97.5 Å². The topological polar surface area (TPSA) is 561 Å². The first kappa shape index (κ1) is 92.3. The maximum atomic E-state index is 14.2. The predicted molar refractivity (Wildman–Crippen MR) is 402 cm³/mol. The van der Waals surface area contributed by atoms with Crippen molar-refractivity contribution in [3.8, 4) is 0 Å². The van der Waals surface area contributed by atoms with Crippen LogP contribution < -0.4 is 70.0 Å². The summed E-state index contributed by atoms with van der Waals surface area (Å²) in [5.74, 6) is -14.9. The summed E-state index contributed by atoms with van der Waals surface area (Å²) in [6.45, 7) is 13.3. The van der Waals surface area contributed by atoms with Crippen LogP contribution in [-0.2, 0) is 84.8 Å². The summed E-state index contributed by atoms with van der Waals surface area (Å²) in [7, 11) is 0. The van der Waals surface area contributed by atoms with Gasteiger partial charge in [-0.3, -0.25) is 62.3 Å². The Bertz CT molecular complexity index is 3590. The molecule has 21 N–H and O–H groups in total. The van der Waals surface area contributed by atoms with Crippen LogP contribution in [-0.4, -0.2) is 229 Å². The third-order valence-corrected chi connectivity index (χ3v) is 18.8. The van der Waals surface area contributed by atoms with E-state index in [-0.39, 0.29) is 82.1 Å². The summed E-state index contributed by atoms with van der Waals surface area (Å²) in [4.78, 5) is 204. The van der Waals surface area contributed by atoms with E-state index in [2.05, 4.69) is 63.5 Å². The Kier molecular flexibility index (Phi) is 39.5. The molecule has 3 aromatic rings. The number of aromatic nitrogens is 1. The molecule has 0 spiro atoms. The molecule has 0 unspecified atom stereocenters. The van der Waals surface area contributed by atoms with Gasteiger partial charge in [0.05, 0.1) is 25.2 Å². The van der Waals surface area contributed by atoms with Gasteiger partial charge in [-0.1, -0.05) is 109 Å². The number of carbonyl (C=O) groups excluding carboxylic acids is 13. The number of nitrogens with zero attached hydrogens (tertiary/aromatic N) is 1. The van der Waals surface area contributed by atoms with Crippen molar-refractivity contribution >= 4 is 99.6 Å². The lowest BCUT2D eigenvalue weighted by Crippen LogP contribution is -2.62. The number of primary amides is 2. The van der Waals surface area contributed by atoms with Gasteiger partial charge in [0.2, 0.25) is 76.8 Å². The number of hydrogen-bond donors (Lipinski definition) is 19. The number of fused-ring (bicyclic) bond motifs is 1. The zero-order valence-corrected chi connectivity index (χ0v) is 64.0. The van der Waals surface area contributed by atoms with E-state index >= 15 is 0 Å². The number of hydrogen-bond acceptors (Lipinski definition) is 19. The molecule has 4 rings (SSSR count). The number of unbranched alkanes of at least 4 members (excludes halogenated alkanes) is 4. The minimum absolute atomic E-state index is 0.0349. The molecule has 610 valence electrons. The second-order valence-corrected chi connectivity index (χ2v) is 29.0. The number of nitrogens with one attached hydrogen (secondary N) is 12. The number of aliphatic hydroxyl groups is 3. The predicted octanol–water partition coefficient (Wildman–Crippen LogP) is -1.30. The number of carboxylic acids is 2. The fourth-order valence-corrected chi connectivity index (χ4v) is 12.5. The summed E-state index contributed by atoms with van der Waals surface area (Å²) >= 11 is 0. The van der Waals surface area contributed by atoms with Crippen LogP contribution in [0.2, 0.25) is 0 Å². The summed E-state index contributed by atoms with van der Waals surface area (Å²) in [6, 6.07) is -0.411. The van der Waals surface area contributed by atoms with Gasteiger partial charge in [0.1, 0.15) is 66.5 Å². The number of aromatic amines is 1. The van der Waals surface area contributed by atoms with Gasteiger partial charge in [0.25, 0.3) is 0 Å². The molecule has 2 aromatic carbocycles. The normalized spacial score (nSPS) is 16.3. The SMILES string of the molecule is CC[C@H](C)[C@H](NC(=O)[C@H](CCC(N)=O)NC(=O)[C@@H]1CCCN1C(=O)CCCCCNCCCCCC(=O)N[C@@H](CO)C(=O)N[C@H](C(=O)N[C@@H](CC(C)C)C(=O)N[C@@H](CC(N)=O)C(=O)N[C@@H](Cc1ccccc1)C(=O)O)[C@@H](C)O)C(=O)N[C@H](C(=O)N[C@@H](CC(C)C)C(=O)N[C@@H](Cc1c[nH]c2ccccc12)C(=O)O)[C@@H](C)O. The van der Waals surface area contributed by atoms with Gasteiger partial charge in [-0.2, -0.15) is 0 Å². The molecular weight excluding hydrogens is 1430 g/mol. The number of benzene rings is 2. The first-order valence-corrected chi connectivity index (χ1v) is 37.7. The molecule has 13 amide bonds. The minimum Gasteiger partial charge on any atom is -0.480 e. The molecule has 1 saturated heterocycles. The third-order valence-electron chi connectivity index (χ3n) is 18.8. The number of carboxylic acid groups (broad SMARTS) is 2. The van der Waals surface area contributed by atoms with Crippen molar-refractivity contribution in [2.24, 2.45) is 29.2 Å². The van der Waals surface area contributed by atoms with Crippen LogP contribution >= 0.6 is 0 Å². The summed E-state index contributed by atoms with van der Waals surface area (Å²) < 4.78 is 0. The van der Waals surface area contributed by atoms with Gasteiger partial charge in [0.15, 0.2) is 0 Å². The monoisotopic (exact) mass is 1550 g/mol. The smallest absolute Gasteiger partial charge is 0.326 e. The van der Waals surface area contributed by atoms with E-state index in [1.54, 1.807) is 84.1 Å². The maximum absolute atomic E-state index is 14.2. The number of carbonyl (C=O) groups is 15. The van der Waals surface area contributed by atoms with Crippen molar-refractivity contribution < 1.29 is 97.5 Å². The molecule has 0 radical (unpaired) electrons. The Hall–Kier alpha value is -10.1. The van der Waals surface area contributed by atoms with Gasteiger partial charge in [0, 0.05) is 55.7 Å². The van der Waals surface area contributed by atoms with E-state index in [1.165, 1.54) is 18.7 Å².